The first-order valence-electron chi connectivity index (χ1n) is 7.25. The maximum absolute atomic E-state index is 11.3. The largest absolute Gasteiger partial charge is 0.478 e. The molecule has 6 nitrogen and oxygen atoms in total. The minimum absolute atomic E-state index is 0.00432. The molecular weight excluding hydrogens is 286 g/mol. The lowest BCUT2D eigenvalue weighted by Gasteiger charge is -2.27. The van der Waals surface area contributed by atoms with E-state index in [4.69, 9.17) is 14.0 Å². The summed E-state index contributed by atoms with van der Waals surface area (Å²) in [6.07, 6.45) is 2.95. The highest BCUT2D eigenvalue weighted by atomic mass is 16.7. The highest BCUT2D eigenvalue weighted by Gasteiger charge is 2.29. The highest BCUT2D eigenvalue weighted by Crippen LogP contribution is 2.31. The van der Waals surface area contributed by atoms with Gasteiger partial charge in [0.05, 0.1) is 0 Å². The van der Waals surface area contributed by atoms with Crippen LogP contribution in [0.3, 0.4) is 0 Å². The fraction of sp³-hybridized carbons (Fsp3) is 0.375. The summed E-state index contributed by atoms with van der Waals surface area (Å²) >= 11 is 0. The summed E-state index contributed by atoms with van der Waals surface area (Å²) in [5.74, 6) is -1.09. The average Bonchev–Trinajstić information content (AvgIpc) is 3.04. The molecule has 1 aliphatic rings. The van der Waals surface area contributed by atoms with Gasteiger partial charge in [-0.15, -0.1) is 0 Å². The second-order valence-electron chi connectivity index (χ2n) is 5.14. The average molecular weight is 303 g/mol. The predicted octanol–water partition coefficient (Wildman–Crippen LogP) is 3.01. The Morgan fingerprint density at radius 3 is 2.82 bits per heavy atom. The van der Waals surface area contributed by atoms with Crippen LogP contribution >= 0.6 is 0 Å². The van der Waals surface area contributed by atoms with E-state index < -0.39 is 12.1 Å². The zero-order valence-corrected chi connectivity index (χ0v) is 12.0. The van der Waals surface area contributed by atoms with E-state index in [1.54, 1.807) is 0 Å². The van der Waals surface area contributed by atoms with Gasteiger partial charge in [0.2, 0.25) is 0 Å². The van der Waals surface area contributed by atoms with Crippen molar-refractivity contribution < 1.29 is 23.9 Å². The molecule has 2 aromatic rings. The Morgan fingerprint density at radius 2 is 2.14 bits per heavy atom. The number of ether oxygens (including phenoxy) is 2. The number of aromatic carboxylic acids is 1. The van der Waals surface area contributed by atoms with Gasteiger partial charge in [0.15, 0.2) is 6.29 Å². The van der Waals surface area contributed by atoms with Crippen LogP contribution in [0, 0.1) is 0 Å². The third-order valence-electron chi connectivity index (χ3n) is 3.60. The fourth-order valence-corrected chi connectivity index (χ4v) is 2.49. The fourth-order valence-electron chi connectivity index (χ4n) is 2.49. The van der Waals surface area contributed by atoms with Gasteiger partial charge >= 0.3 is 5.97 Å². The second-order valence-corrected chi connectivity index (χ2v) is 5.14. The Kier molecular flexibility index (Phi) is 4.50. The molecule has 1 aromatic carbocycles. The smallest absolute Gasteiger partial charge is 0.341 e. The maximum atomic E-state index is 11.3. The molecule has 0 bridgehead atoms. The van der Waals surface area contributed by atoms with Crippen LogP contribution in [0.1, 0.15) is 47.0 Å². The molecule has 22 heavy (non-hydrogen) atoms. The van der Waals surface area contributed by atoms with Crippen molar-refractivity contribution in [3.63, 3.8) is 0 Å². The molecule has 1 fully saturated rings. The number of rotatable bonds is 5. The normalized spacial score (nSPS) is 19.7. The molecule has 2 atom stereocenters. The van der Waals surface area contributed by atoms with Crippen molar-refractivity contribution in [1.82, 2.24) is 5.16 Å². The van der Waals surface area contributed by atoms with Crippen molar-refractivity contribution in [2.24, 2.45) is 0 Å². The molecule has 1 aliphatic heterocycles. The SMILES string of the molecule is O=C(O)c1conc1[C@@H](O[C@H]1CCCCO1)c1ccccc1. The van der Waals surface area contributed by atoms with E-state index in [0.29, 0.717) is 6.61 Å². The van der Waals surface area contributed by atoms with E-state index >= 15 is 0 Å². The lowest BCUT2D eigenvalue weighted by atomic mass is 10.0. The second kappa shape index (κ2) is 6.72. The summed E-state index contributed by atoms with van der Waals surface area (Å²) < 4.78 is 16.5. The van der Waals surface area contributed by atoms with E-state index in [9.17, 15) is 9.90 Å². The quantitative estimate of drug-likeness (QED) is 0.914. The molecule has 0 radical (unpaired) electrons. The van der Waals surface area contributed by atoms with E-state index in [-0.39, 0.29) is 17.5 Å². The molecule has 1 aromatic heterocycles. The first-order valence-corrected chi connectivity index (χ1v) is 7.25. The Labute approximate surface area is 127 Å². The van der Waals surface area contributed by atoms with Crippen LogP contribution in [0.25, 0.3) is 0 Å². The van der Waals surface area contributed by atoms with Crippen molar-refractivity contribution >= 4 is 5.97 Å². The van der Waals surface area contributed by atoms with Gasteiger partial charge in [-0.2, -0.15) is 0 Å². The minimum atomic E-state index is -1.09. The summed E-state index contributed by atoms with van der Waals surface area (Å²) in [6.45, 7) is 0.650. The summed E-state index contributed by atoms with van der Waals surface area (Å²) in [5, 5.41) is 13.1. The molecule has 0 amide bonds. The molecule has 1 N–H and O–H groups in total. The summed E-state index contributed by atoms with van der Waals surface area (Å²) in [4.78, 5) is 11.3. The molecule has 0 aliphatic carbocycles. The molecule has 1 saturated heterocycles. The van der Waals surface area contributed by atoms with Crippen LogP contribution in [0.2, 0.25) is 0 Å². The summed E-state index contributed by atoms with van der Waals surface area (Å²) in [6, 6.07) is 9.36. The number of hydrogen-bond donors (Lipinski definition) is 1. The molecule has 0 saturated carbocycles. The van der Waals surface area contributed by atoms with E-state index in [2.05, 4.69) is 5.16 Å². The molecule has 6 heteroatoms. The zero-order valence-electron chi connectivity index (χ0n) is 12.0. The van der Waals surface area contributed by atoms with Crippen LogP contribution in [-0.4, -0.2) is 29.1 Å². The van der Waals surface area contributed by atoms with Crippen molar-refractivity contribution in [2.75, 3.05) is 6.61 Å². The van der Waals surface area contributed by atoms with Gasteiger partial charge in [-0.05, 0) is 24.8 Å². The number of benzene rings is 1. The number of nitrogens with zero attached hydrogens (tertiary/aromatic N) is 1. The lowest BCUT2D eigenvalue weighted by Crippen LogP contribution is -2.25. The number of carboxylic acid groups (broad SMARTS) is 1. The highest BCUT2D eigenvalue weighted by molar-refractivity contribution is 5.88. The number of carbonyl (C=O) groups is 1. The summed E-state index contributed by atoms with van der Waals surface area (Å²) in [7, 11) is 0. The topological polar surface area (TPSA) is 81.8 Å². The van der Waals surface area contributed by atoms with Gasteiger partial charge < -0.3 is 19.1 Å². The van der Waals surface area contributed by atoms with Gasteiger partial charge in [-0.25, -0.2) is 4.79 Å². The van der Waals surface area contributed by atoms with Gasteiger partial charge in [0.1, 0.15) is 23.6 Å². The molecule has 2 heterocycles. The van der Waals surface area contributed by atoms with Crippen LogP contribution in [0.15, 0.2) is 41.1 Å². The first-order chi connectivity index (χ1) is 10.8. The predicted molar refractivity (Wildman–Crippen MR) is 76.4 cm³/mol. The van der Waals surface area contributed by atoms with Crippen LogP contribution in [0.4, 0.5) is 0 Å². The zero-order chi connectivity index (χ0) is 15.4. The van der Waals surface area contributed by atoms with E-state index in [0.717, 1.165) is 31.1 Å². The van der Waals surface area contributed by atoms with Gasteiger partial charge in [0, 0.05) is 6.61 Å². The minimum Gasteiger partial charge on any atom is -0.478 e. The molecule has 0 spiro atoms. The van der Waals surface area contributed by atoms with Crippen LogP contribution in [-0.2, 0) is 9.47 Å². The standard InChI is InChI=1S/C16H17NO5/c18-16(19)12-10-21-17-14(12)15(11-6-2-1-3-7-11)22-13-8-4-5-9-20-13/h1-3,6-7,10,13,15H,4-5,8-9H2,(H,18,19)/t13-,15-/m0/s1. The lowest BCUT2D eigenvalue weighted by molar-refractivity contribution is -0.182. The number of aromatic nitrogens is 1. The Balaban J connectivity index is 1.92. The molecule has 116 valence electrons. The van der Waals surface area contributed by atoms with E-state index in [1.807, 2.05) is 30.3 Å². The first kappa shape index (κ1) is 14.7. The Hall–Kier alpha value is -2.18. The van der Waals surface area contributed by atoms with Crippen LogP contribution in [0.5, 0.6) is 0 Å². The van der Waals surface area contributed by atoms with Gasteiger partial charge in [-0.3, -0.25) is 0 Å². The Morgan fingerprint density at radius 1 is 1.32 bits per heavy atom. The molecule has 0 unspecified atom stereocenters. The van der Waals surface area contributed by atoms with Crippen LogP contribution < -0.4 is 0 Å². The van der Waals surface area contributed by atoms with Gasteiger partial charge in [0.25, 0.3) is 0 Å². The van der Waals surface area contributed by atoms with Crippen molar-refractivity contribution in [3.8, 4) is 0 Å². The summed E-state index contributed by atoms with van der Waals surface area (Å²) in [5.41, 5.74) is 1.07. The van der Waals surface area contributed by atoms with E-state index in [1.165, 1.54) is 0 Å². The number of carboxylic acids is 1. The number of hydrogen-bond acceptors (Lipinski definition) is 5. The Bertz CT molecular complexity index is 618. The maximum Gasteiger partial charge on any atom is 0.341 e. The van der Waals surface area contributed by atoms with Crippen molar-refractivity contribution in [1.29, 1.82) is 0 Å². The van der Waals surface area contributed by atoms with Crippen molar-refractivity contribution in [2.45, 2.75) is 31.7 Å². The third-order valence-corrected chi connectivity index (χ3v) is 3.60. The third kappa shape index (κ3) is 3.18. The van der Waals surface area contributed by atoms with Gasteiger partial charge in [-0.1, -0.05) is 35.5 Å². The van der Waals surface area contributed by atoms with Crippen molar-refractivity contribution in [3.05, 3.63) is 53.4 Å². The monoisotopic (exact) mass is 303 g/mol. The molecular formula is C16H17NO5. The molecule has 3 rings (SSSR count).